The van der Waals surface area contributed by atoms with Gasteiger partial charge >= 0.3 is 17.6 Å². The molecule has 0 aliphatic carbocycles. The van der Waals surface area contributed by atoms with Crippen molar-refractivity contribution in [2.75, 3.05) is 6.54 Å². The number of nitrogens with two attached hydrogens (primary N) is 1. The monoisotopic (exact) mass is 443 g/mol. The Hall–Kier alpha value is -3.82. The van der Waals surface area contributed by atoms with Gasteiger partial charge in [0.25, 0.3) is 0 Å². The van der Waals surface area contributed by atoms with E-state index < -0.39 is 29.6 Å². The first kappa shape index (κ1) is 22.9. The van der Waals surface area contributed by atoms with E-state index in [1.807, 2.05) is 19.9 Å². The molecular weight excluding hydrogens is 418 g/mol. The standard InChI is InChI=1S/C22H25N3O7/c1-10-9-31-18-12(3)19-15(8-14(10)18)11(2)13(21(29)32-19)4-5-17(26)25-16(20(27)28)6-7-24-22(23)30/h8-9,16H,4-7H2,1-3H3,(H,25,26)(H,27,28)(H3,23,24,30). The maximum Gasteiger partial charge on any atom is 0.339 e. The van der Waals surface area contributed by atoms with Gasteiger partial charge in [-0.2, -0.15) is 0 Å². The summed E-state index contributed by atoms with van der Waals surface area (Å²) < 4.78 is 11.1. The molecule has 0 saturated carbocycles. The summed E-state index contributed by atoms with van der Waals surface area (Å²) >= 11 is 0. The second-order valence-corrected chi connectivity index (χ2v) is 7.70. The van der Waals surface area contributed by atoms with Gasteiger partial charge in [0.1, 0.15) is 17.2 Å². The number of hydrogen-bond donors (Lipinski definition) is 4. The summed E-state index contributed by atoms with van der Waals surface area (Å²) in [6.07, 6.45) is 1.60. The maximum atomic E-state index is 12.6. The van der Waals surface area contributed by atoms with Crippen LogP contribution in [-0.4, -0.2) is 35.6 Å². The summed E-state index contributed by atoms with van der Waals surface area (Å²) in [4.78, 5) is 47.0. The zero-order chi connectivity index (χ0) is 23.6. The van der Waals surface area contributed by atoms with Crippen molar-refractivity contribution in [3.05, 3.63) is 45.0 Å². The number of fused-ring (bicyclic) bond motifs is 2. The quantitative estimate of drug-likeness (QED) is 0.387. The van der Waals surface area contributed by atoms with E-state index in [-0.39, 0.29) is 25.8 Å². The number of primary amides is 1. The van der Waals surface area contributed by atoms with Gasteiger partial charge in [0.15, 0.2) is 0 Å². The van der Waals surface area contributed by atoms with Crippen molar-refractivity contribution in [2.24, 2.45) is 5.73 Å². The molecule has 0 aliphatic heterocycles. The van der Waals surface area contributed by atoms with Crippen LogP contribution in [0, 0.1) is 20.8 Å². The van der Waals surface area contributed by atoms with Crippen LogP contribution in [-0.2, 0) is 16.0 Å². The van der Waals surface area contributed by atoms with Crippen LogP contribution >= 0.6 is 0 Å². The Morgan fingerprint density at radius 3 is 2.50 bits per heavy atom. The average molecular weight is 443 g/mol. The molecular formula is C22H25N3O7. The number of nitrogens with one attached hydrogen (secondary N) is 2. The number of rotatable bonds is 8. The van der Waals surface area contributed by atoms with Gasteiger partial charge in [-0.3, -0.25) is 4.79 Å². The predicted molar refractivity (Wildman–Crippen MR) is 117 cm³/mol. The number of carbonyl (C=O) groups is 3. The highest BCUT2D eigenvalue weighted by Crippen LogP contribution is 2.32. The van der Waals surface area contributed by atoms with Gasteiger partial charge in [0.2, 0.25) is 5.91 Å². The van der Waals surface area contributed by atoms with Crippen LogP contribution in [0.3, 0.4) is 0 Å². The van der Waals surface area contributed by atoms with Crippen LogP contribution in [0.4, 0.5) is 4.79 Å². The fourth-order valence-corrected chi connectivity index (χ4v) is 3.71. The molecule has 1 atom stereocenters. The fourth-order valence-electron chi connectivity index (χ4n) is 3.71. The van der Waals surface area contributed by atoms with Gasteiger partial charge in [0.05, 0.1) is 6.26 Å². The first-order chi connectivity index (χ1) is 15.1. The van der Waals surface area contributed by atoms with Gasteiger partial charge in [0, 0.05) is 34.9 Å². The predicted octanol–water partition coefficient (Wildman–Crippen LogP) is 2.02. The van der Waals surface area contributed by atoms with Gasteiger partial charge in [-0.25, -0.2) is 14.4 Å². The second kappa shape index (κ2) is 9.13. The molecule has 0 fully saturated rings. The number of aryl methyl sites for hydroxylation is 3. The summed E-state index contributed by atoms with van der Waals surface area (Å²) in [6.45, 7) is 5.54. The Morgan fingerprint density at radius 2 is 1.84 bits per heavy atom. The van der Waals surface area contributed by atoms with Crippen LogP contribution in [0.25, 0.3) is 21.9 Å². The molecule has 3 aromatic rings. The van der Waals surface area contributed by atoms with Crippen molar-refractivity contribution < 1.29 is 28.3 Å². The lowest BCUT2D eigenvalue weighted by Gasteiger charge is -2.15. The van der Waals surface area contributed by atoms with Gasteiger partial charge in [-0.1, -0.05) is 0 Å². The van der Waals surface area contributed by atoms with Crippen molar-refractivity contribution in [3.8, 4) is 0 Å². The molecule has 0 spiro atoms. The fraction of sp³-hybridized carbons (Fsp3) is 0.364. The molecule has 3 amide bonds. The number of furan rings is 1. The van der Waals surface area contributed by atoms with E-state index in [9.17, 15) is 24.3 Å². The smallest absolute Gasteiger partial charge is 0.339 e. The minimum atomic E-state index is -1.24. The highest BCUT2D eigenvalue weighted by atomic mass is 16.4. The van der Waals surface area contributed by atoms with Crippen LogP contribution in [0.2, 0.25) is 0 Å². The summed E-state index contributed by atoms with van der Waals surface area (Å²) in [7, 11) is 0. The molecule has 32 heavy (non-hydrogen) atoms. The number of hydrogen-bond acceptors (Lipinski definition) is 6. The Kier molecular flexibility index (Phi) is 6.52. The number of urea groups is 1. The van der Waals surface area contributed by atoms with Gasteiger partial charge in [-0.05, 0) is 50.8 Å². The molecule has 1 aromatic carbocycles. The maximum absolute atomic E-state index is 12.6. The van der Waals surface area contributed by atoms with Crippen LogP contribution in [0.1, 0.15) is 35.1 Å². The SMILES string of the molecule is Cc1coc2c(C)c3oc(=O)c(CCC(=O)NC(CCNC(N)=O)C(=O)O)c(C)c3cc12. The third kappa shape index (κ3) is 4.58. The van der Waals surface area contributed by atoms with Crippen molar-refractivity contribution in [3.63, 3.8) is 0 Å². The largest absolute Gasteiger partial charge is 0.480 e. The average Bonchev–Trinajstić information content (AvgIpc) is 3.09. The van der Waals surface area contributed by atoms with E-state index in [0.717, 1.165) is 21.9 Å². The highest BCUT2D eigenvalue weighted by molar-refractivity contribution is 5.99. The molecule has 170 valence electrons. The third-order valence-corrected chi connectivity index (χ3v) is 5.50. The van der Waals surface area contributed by atoms with E-state index >= 15 is 0 Å². The number of carboxylic acids is 1. The molecule has 10 heteroatoms. The molecule has 0 bridgehead atoms. The molecule has 5 N–H and O–H groups in total. The topological polar surface area (TPSA) is 165 Å². The number of carboxylic acid groups (broad SMARTS) is 1. The van der Waals surface area contributed by atoms with E-state index in [1.54, 1.807) is 13.2 Å². The second-order valence-electron chi connectivity index (χ2n) is 7.70. The lowest BCUT2D eigenvalue weighted by atomic mass is 9.98. The van der Waals surface area contributed by atoms with E-state index in [2.05, 4.69) is 10.6 Å². The zero-order valence-electron chi connectivity index (χ0n) is 18.0. The minimum absolute atomic E-state index is 0.00119. The Labute approximate surface area is 182 Å². The molecule has 0 radical (unpaired) electrons. The molecule has 2 aromatic heterocycles. The summed E-state index contributed by atoms with van der Waals surface area (Å²) in [5.74, 6) is -1.77. The zero-order valence-corrected chi connectivity index (χ0v) is 18.0. The van der Waals surface area contributed by atoms with Crippen LogP contribution in [0.15, 0.2) is 26.0 Å². The van der Waals surface area contributed by atoms with Crippen molar-refractivity contribution >= 4 is 39.8 Å². The number of carbonyl (C=O) groups excluding carboxylic acids is 2. The Balaban J connectivity index is 1.79. The molecule has 2 heterocycles. The van der Waals surface area contributed by atoms with Gasteiger partial charge < -0.3 is 30.3 Å². The van der Waals surface area contributed by atoms with E-state index in [4.69, 9.17) is 14.6 Å². The summed E-state index contributed by atoms with van der Waals surface area (Å²) in [5.41, 5.74) is 8.25. The van der Waals surface area contributed by atoms with E-state index in [0.29, 0.717) is 22.3 Å². The number of amides is 3. The lowest BCUT2D eigenvalue weighted by Crippen LogP contribution is -2.43. The lowest BCUT2D eigenvalue weighted by molar-refractivity contribution is -0.142. The molecule has 1 unspecified atom stereocenters. The normalized spacial score (nSPS) is 12.1. The molecule has 0 aliphatic rings. The van der Waals surface area contributed by atoms with Crippen molar-refractivity contribution in [2.45, 2.75) is 46.1 Å². The molecule has 10 nitrogen and oxygen atoms in total. The first-order valence-electron chi connectivity index (χ1n) is 10.1. The summed E-state index contributed by atoms with van der Waals surface area (Å²) in [6, 6.07) is -0.0644. The number of benzene rings is 1. The van der Waals surface area contributed by atoms with Crippen molar-refractivity contribution in [1.29, 1.82) is 0 Å². The summed E-state index contributed by atoms with van der Waals surface area (Å²) in [5, 5.41) is 15.6. The number of aliphatic carboxylic acids is 1. The van der Waals surface area contributed by atoms with Crippen LogP contribution < -0.4 is 22.0 Å². The molecule has 0 saturated heterocycles. The first-order valence-corrected chi connectivity index (χ1v) is 10.1. The Bertz CT molecular complexity index is 1270. The molecule has 3 rings (SSSR count). The third-order valence-electron chi connectivity index (χ3n) is 5.50. The van der Waals surface area contributed by atoms with Gasteiger partial charge in [-0.15, -0.1) is 0 Å². The highest BCUT2D eigenvalue weighted by Gasteiger charge is 2.21. The Morgan fingerprint density at radius 1 is 1.12 bits per heavy atom. The van der Waals surface area contributed by atoms with Crippen LogP contribution in [0.5, 0.6) is 0 Å². The van der Waals surface area contributed by atoms with Crippen molar-refractivity contribution in [1.82, 2.24) is 10.6 Å². The minimum Gasteiger partial charge on any atom is -0.480 e. The van der Waals surface area contributed by atoms with E-state index in [1.165, 1.54) is 0 Å².